The zero-order valence-corrected chi connectivity index (χ0v) is 15.2. The van der Waals surface area contributed by atoms with Crippen molar-refractivity contribution in [2.75, 3.05) is 5.32 Å². The Morgan fingerprint density at radius 3 is 2.35 bits per heavy atom. The first kappa shape index (κ1) is 17.6. The van der Waals surface area contributed by atoms with Gasteiger partial charge in [0, 0.05) is 36.5 Å². The Morgan fingerprint density at radius 1 is 0.962 bits per heavy atom. The van der Waals surface area contributed by atoms with Crippen LogP contribution in [0.3, 0.4) is 0 Å². The van der Waals surface area contributed by atoms with Gasteiger partial charge in [-0.1, -0.05) is 17.7 Å². The van der Waals surface area contributed by atoms with Crippen LogP contribution in [0.15, 0.2) is 55.0 Å². The van der Waals surface area contributed by atoms with Crippen molar-refractivity contribution in [3.05, 3.63) is 82.9 Å². The highest BCUT2D eigenvalue weighted by atomic mass is 16.1. The van der Waals surface area contributed by atoms with Crippen LogP contribution in [-0.2, 0) is 6.54 Å². The molecule has 5 heteroatoms. The molecular weight excluding hydrogens is 324 g/mol. The molecule has 1 amide bonds. The smallest absolute Gasteiger partial charge is 0.270 e. The normalized spacial score (nSPS) is 10.4. The fourth-order valence-electron chi connectivity index (χ4n) is 2.93. The van der Waals surface area contributed by atoms with Crippen LogP contribution in [0.5, 0.6) is 0 Å². The lowest BCUT2D eigenvalue weighted by molar-refractivity contribution is 0.0946. The molecule has 0 saturated heterocycles. The molecule has 2 heterocycles. The van der Waals surface area contributed by atoms with E-state index < -0.39 is 0 Å². The van der Waals surface area contributed by atoms with Crippen LogP contribution in [0.1, 0.15) is 32.7 Å². The molecule has 0 aliphatic rings. The average molecular weight is 346 g/mol. The van der Waals surface area contributed by atoms with E-state index in [-0.39, 0.29) is 5.91 Å². The number of amides is 1. The largest absolute Gasteiger partial charge is 0.355 e. The monoisotopic (exact) mass is 346 g/mol. The molecule has 26 heavy (non-hydrogen) atoms. The van der Waals surface area contributed by atoms with E-state index in [9.17, 15) is 4.79 Å². The van der Waals surface area contributed by atoms with Crippen LogP contribution in [0, 0.1) is 20.8 Å². The highest BCUT2D eigenvalue weighted by Crippen LogP contribution is 2.26. The number of rotatable bonds is 5. The highest BCUT2D eigenvalue weighted by molar-refractivity contribution is 5.93. The summed E-state index contributed by atoms with van der Waals surface area (Å²) in [5.74, 6) is -0.206. The third kappa shape index (κ3) is 4.25. The molecule has 2 N–H and O–H groups in total. The molecule has 1 aromatic carbocycles. The molecule has 0 fully saturated rings. The summed E-state index contributed by atoms with van der Waals surface area (Å²) in [7, 11) is 0. The Hall–Kier alpha value is -3.21. The molecule has 0 saturated carbocycles. The lowest BCUT2D eigenvalue weighted by Gasteiger charge is -2.14. The fraction of sp³-hybridized carbons (Fsp3) is 0.190. The van der Waals surface area contributed by atoms with Crippen molar-refractivity contribution in [2.24, 2.45) is 0 Å². The number of hydrogen-bond acceptors (Lipinski definition) is 4. The van der Waals surface area contributed by atoms with Crippen LogP contribution in [0.2, 0.25) is 0 Å². The van der Waals surface area contributed by atoms with Gasteiger partial charge in [-0.3, -0.25) is 14.8 Å². The van der Waals surface area contributed by atoms with Crippen molar-refractivity contribution in [3.63, 3.8) is 0 Å². The minimum Gasteiger partial charge on any atom is -0.355 e. The minimum absolute atomic E-state index is 0.206. The summed E-state index contributed by atoms with van der Waals surface area (Å²) < 4.78 is 0. The van der Waals surface area contributed by atoms with Gasteiger partial charge in [0.25, 0.3) is 5.91 Å². The molecule has 3 rings (SSSR count). The van der Waals surface area contributed by atoms with Crippen LogP contribution < -0.4 is 10.6 Å². The van der Waals surface area contributed by atoms with Crippen LogP contribution in [0.4, 0.5) is 11.4 Å². The topological polar surface area (TPSA) is 66.9 Å². The standard InChI is InChI=1S/C21H22N4O/c1-14-10-15(2)20(16(3)11-14)25-18-6-9-23-19(12-18)21(26)24-13-17-4-7-22-8-5-17/h4-12H,13H2,1-3H3,(H,23,25)(H,24,26). The predicted octanol–water partition coefficient (Wildman–Crippen LogP) is 4.08. The molecule has 0 radical (unpaired) electrons. The summed E-state index contributed by atoms with van der Waals surface area (Å²) in [6, 6.07) is 11.6. The molecule has 0 aliphatic carbocycles. The number of aryl methyl sites for hydroxylation is 3. The van der Waals surface area contributed by atoms with Gasteiger partial charge in [-0.05, 0) is 61.7 Å². The van der Waals surface area contributed by atoms with Gasteiger partial charge < -0.3 is 10.6 Å². The van der Waals surface area contributed by atoms with Gasteiger partial charge in [0.15, 0.2) is 0 Å². The van der Waals surface area contributed by atoms with Crippen molar-refractivity contribution in [1.82, 2.24) is 15.3 Å². The summed E-state index contributed by atoms with van der Waals surface area (Å²) >= 11 is 0. The molecule has 2 aromatic heterocycles. The maximum absolute atomic E-state index is 12.4. The van der Waals surface area contributed by atoms with Gasteiger partial charge >= 0.3 is 0 Å². The number of benzene rings is 1. The SMILES string of the molecule is Cc1cc(C)c(Nc2ccnc(C(=O)NCc3ccncc3)c2)c(C)c1. The van der Waals surface area contributed by atoms with Gasteiger partial charge in [0.05, 0.1) is 0 Å². The second-order valence-electron chi connectivity index (χ2n) is 6.37. The second kappa shape index (κ2) is 7.78. The number of nitrogens with zero attached hydrogens (tertiary/aromatic N) is 2. The molecule has 132 valence electrons. The number of nitrogens with one attached hydrogen (secondary N) is 2. The number of carbonyl (C=O) groups is 1. The van der Waals surface area contributed by atoms with Crippen LogP contribution in [0.25, 0.3) is 0 Å². The Balaban J connectivity index is 1.73. The lowest BCUT2D eigenvalue weighted by atomic mass is 10.0. The number of pyridine rings is 2. The van der Waals surface area contributed by atoms with Crippen molar-refractivity contribution in [2.45, 2.75) is 27.3 Å². The van der Waals surface area contributed by atoms with Gasteiger partial charge in [-0.15, -0.1) is 0 Å². The minimum atomic E-state index is -0.206. The third-order valence-electron chi connectivity index (χ3n) is 4.14. The molecule has 0 atom stereocenters. The van der Waals surface area contributed by atoms with E-state index in [1.165, 1.54) is 16.7 Å². The summed E-state index contributed by atoms with van der Waals surface area (Å²) in [4.78, 5) is 20.5. The molecule has 5 nitrogen and oxygen atoms in total. The maximum atomic E-state index is 12.4. The first-order valence-electron chi connectivity index (χ1n) is 8.51. The number of carbonyl (C=O) groups excluding carboxylic acids is 1. The molecule has 0 aliphatic heterocycles. The highest BCUT2D eigenvalue weighted by Gasteiger charge is 2.09. The van der Waals surface area contributed by atoms with Crippen molar-refractivity contribution in [1.29, 1.82) is 0 Å². The van der Waals surface area contributed by atoms with E-state index in [2.05, 4.69) is 53.5 Å². The van der Waals surface area contributed by atoms with Gasteiger partial charge in [0.2, 0.25) is 0 Å². The van der Waals surface area contributed by atoms with E-state index >= 15 is 0 Å². The maximum Gasteiger partial charge on any atom is 0.270 e. The lowest BCUT2D eigenvalue weighted by Crippen LogP contribution is -2.23. The summed E-state index contributed by atoms with van der Waals surface area (Å²) in [5.41, 5.74) is 6.84. The molecule has 0 unspecified atom stereocenters. The van der Waals surface area contributed by atoms with Gasteiger partial charge in [0.1, 0.15) is 5.69 Å². The van der Waals surface area contributed by atoms with Gasteiger partial charge in [-0.25, -0.2) is 0 Å². The van der Waals surface area contributed by atoms with E-state index in [0.29, 0.717) is 12.2 Å². The molecule has 0 bridgehead atoms. The van der Waals surface area contributed by atoms with Crippen molar-refractivity contribution < 1.29 is 4.79 Å². The van der Waals surface area contributed by atoms with E-state index in [0.717, 1.165) is 16.9 Å². The van der Waals surface area contributed by atoms with E-state index in [1.54, 1.807) is 24.7 Å². The van der Waals surface area contributed by atoms with Crippen LogP contribution in [-0.4, -0.2) is 15.9 Å². The molecule has 0 spiro atoms. The van der Waals surface area contributed by atoms with E-state index in [1.807, 2.05) is 18.2 Å². The van der Waals surface area contributed by atoms with E-state index in [4.69, 9.17) is 0 Å². The first-order chi connectivity index (χ1) is 12.5. The van der Waals surface area contributed by atoms with Gasteiger partial charge in [-0.2, -0.15) is 0 Å². The third-order valence-corrected chi connectivity index (χ3v) is 4.14. The zero-order chi connectivity index (χ0) is 18.5. The van der Waals surface area contributed by atoms with Crippen molar-refractivity contribution >= 4 is 17.3 Å². The zero-order valence-electron chi connectivity index (χ0n) is 15.2. The predicted molar refractivity (Wildman–Crippen MR) is 104 cm³/mol. The Morgan fingerprint density at radius 2 is 1.65 bits per heavy atom. The number of anilines is 2. The molecule has 3 aromatic rings. The first-order valence-corrected chi connectivity index (χ1v) is 8.51. The Kier molecular flexibility index (Phi) is 5.27. The Labute approximate surface area is 153 Å². The number of aromatic nitrogens is 2. The second-order valence-corrected chi connectivity index (χ2v) is 6.37. The fourth-order valence-corrected chi connectivity index (χ4v) is 2.93. The summed E-state index contributed by atoms with van der Waals surface area (Å²) in [5, 5.41) is 6.29. The quantitative estimate of drug-likeness (QED) is 0.731. The van der Waals surface area contributed by atoms with Crippen LogP contribution >= 0.6 is 0 Å². The number of hydrogen-bond donors (Lipinski definition) is 2. The average Bonchev–Trinajstić information content (AvgIpc) is 2.64. The molecular formula is C21H22N4O. The van der Waals surface area contributed by atoms with Crippen molar-refractivity contribution in [3.8, 4) is 0 Å². The Bertz CT molecular complexity index is 899. The summed E-state index contributed by atoms with van der Waals surface area (Å²) in [6.07, 6.45) is 5.05. The summed E-state index contributed by atoms with van der Waals surface area (Å²) in [6.45, 7) is 6.68.